The molecule has 0 atom stereocenters. The van der Waals surface area contributed by atoms with Crippen LogP contribution in [0.5, 0.6) is 0 Å². The van der Waals surface area contributed by atoms with E-state index in [0.29, 0.717) is 6.54 Å². The summed E-state index contributed by atoms with van der Waals surface area (Å²) in [4.78, 5) is 17.4. The van der Waals surface area contributed by atoms with Crippen LogP contribution in [0.15, 0.2) is 52.2 Å². The van der Waals surface area contributed by atoms with Gasteiger partial charge in [-0.1, -0.05) is 24.6 Å². The summed E-state index contributed by atoms with van der Waals surface area (Å²) in [6.07, 6.45) is 9.13. The van der Waals surface area contributed by atoms with Crippen LogP contribution in [-0.4, -0.2) is 52.6 Å². The Morgan fingerprint density at radius 1 is 0.912 bits per heavy atom. The van der Waals surface area contributed by atoms with E-state index >= 15 is 0 Å². The van der Waals surface area contributed by atoms with Crippen molar-refractivity contribution in [1.29, 1.82) is 0 Å². The van der Waals surface area contributed by atoms with Crippen molar-refractivity contribution in [3.63, 3.8) is 0 Å². The molecule has 4 heterocycles. The number of hydrogen-bond acceptors (Lipinski definition) is 7. The van der Waals surface area contributed by atoms with E-state index in [0.717, 1.165) is 61.6 Å². The van der Waals surface area contributed by atoms with Crippen LogP contribution in [0.1, 0.15) is 44.3 Å². The molecule has 180 valence electrons. The number of furan rings is 1. The second-order valence-corrected chi connectivity index (χ2v) is 9.87. The highest BCUT2D eigenvalue weighted by atomic mass is 32.2. The zero-order valence-electron chi connectivity index (χ0n) is 19.5. The second kappa shape index (κ2) is 11.0. The van der Waals surface area contributed by atoms with Crippen LogP contribution in [0, 0.1) is 0 Å². The molecule has 1 aromatic carbocycles. The number of anilines is 3. The lowest BCUT2D eigenvalue weighted by Crippen LogP contribution is -2.23. The van der Waals surface area contributed by atoms with Gasteiger partial charge < -0.3 is 19.5 Å². The number of nitrogens with zero attached hydrogens (tertiary/aromatic N) is 5. The summed E-state index contributed by atoms with van der Waals surface area (Å²) in [5, 5.41) is 12.6. The van der Waals surface area contributed by atoms with Gasteiger partial charge in [0.15, 0.2) is 5.16 Å². The van der Waals surface area contributed by atoms with Crippen molar-refractivity contribution in [3.8, 4) is 0 Å². The van der Waals surface area contributed by atoms with Crippen molar-refractivity contribution in [2.75, 3.05) is 47.0 Å². The van der Waals surface area contributed by atoms with E-state index in [4.69, 9.17) is 4.42 Å². The molecule has 2 saturated heterocycles. The van der Waals surface area contributed by atoms with Gasteiger partial charge >= 0.3 is 0 Å². The van der Waals surface area contributed by atoms with E-state index < -0.39 is 0 Å². The largest absolute Gasteiger partial charge is 0.467 e. The lowest BCUT2D eigenvalue weighted by molar-refractivity contribution is -0.113. The maximum absolute atomic E-state index is 12.7. The number of nitrogens with one attached hydrogen (secondary N) is 1. The lowest BCUT2D eigenvalue weighted by atomic mass is 10.2. The normalized spacial score (nSPS) is 16.6. The maximum atomic E-state index is 12.7. The Balaban J connectivity index is 1.20. The Kier molecular flexibility index (Phi) is 7.38. The van der Waals surface area contributed by atoms with E-state index in [1.807, 2.05) is 24.3 Å². The molecule has 2 aliphatic heterocycles. The van der Waals surface area contributed by atoms with Gasteiger partial charge in [0.1, 0.15) is 5.76 Å². The van der Waals surface area contributed by atoms with Crippen molar-refractivity contribution < 1.29 is 9.21 Å². The van der Waals surface area contributed by atoms with Gasteiger partial charge in [0, 0.05) is 37.6 Å². The number of benzene rings is 1. The number of thioether (sulfide) groups is 1. The molecule has 1 amide bonds. The van der Waals surface area contributed by atoms with Crippen LogP contribution in [-0.2, 0) is 11.3 Å². The Morgan fingerprint density at radius 2 is 1.62 bits per heavy atom. The van der Waals surface area contributed by atoms with Gasteiger partial charge in [-0.25, -0.2) is 0 Å². The van der Waals surface area contributed by atoms with E-state index in [2.05, 4.69) is 42.0 Å². The van der Waals surface area contributed by atoms with Crippen molar-refractivity contribution in [2.45, 2.75) is 50.2 Å². The highest BCUT2D eigenvalue weighted by Crippen LogP contribution is 2.26. The fourth-order valence-electron chi connectivity index (χ4n) is 4.65. The molecule has 3 aromatic rings. The summed E-state index contributed by atoms with van der Waals surface area (Å²) >= 11 is 1.40. The molecule has 2 aromatic heterocycles. The smallest absolute Gasteiger partial charge is 0.234 e. The Hall–Kier alpha value is -2.94. The minimum absolute atomic E-state index is 0.0530. The van der Waals surface area contributed by atoms with Crippen LogP contribution in [0.2, 0.25) is 0 Å². The van der Waals surface area contributed by atoms with Crippen molar-refractivity contribution in [2.24, 2.45) is 0 Å². The Morgan fingerprint density at radius 3 is 2.32 bits per heavy atom. The van der Waals surface area contributed by atoms with Gasteiger partial charge in [0.25, 0.3) is 0 Å². The zero-order chi connectivity index (χ0) is 23.2. The molecule has 0 radical (unpaired) electrons. The molecule has 2 aliphatic rings. The number of carbonyl (C=O) groups is 1. The monoisotopic (exact) mass is 480 g/mol. The van der Waals surface area contributed by atoms with Crippen LogP contribution in [0.4, 0.5) is 17.3 Å². The van der Waals surface area contributed by atoms with Crippen molar-refractivity contribution >= 4 is 35.0 Å². The molecule has 9 heteroatoms. The van der Waals surface area contributed by atoms with Crippen molar-refractivity contribution in [1.82, 2.24) is 14.8 Å². The van der Waals surface area contributed by atoms with Gasteiger partial charge in [-0.15, -0.1) is 10.2 Å². The standard InChI is InChI=1S/C25H32N6O2S/c32-23(26-20-9-11-21(12-10-20)29-13-3-1-2-4-14-29)19-34-25-28-27-24(30-15-5-6-16-30)31(25)18-22-8-7-17-33-22/h7-12,17H,1-6,13-16,18-19H2,(H,26,32). The predicted molar refractivity (Wildman–Crippen MR) is 136 cm³/mol. The SMILES string of the molecule is O=C(CSc1nnc(N2CCCC2)n1Cc1ccco1)Nc1ccc(N2CCCCCC2)cc1. The number of aromatic nitrogens is 3. The van der Waals surface area contributed by atoms with Crippen LogP contribution >= 0.6 is 11.8 Å². The van der Waals surface area contributed by atoms with E-state index in [1.54, 1.807) is 6.26 Å². The van der Waals surface area contributed by atoms with Crippen LogP contribution in [0.3, 0.4) is 0 Å². The molecular weight excluding hydrogens is 448 g/mol. The quantitative estimate of drug-likeness (QED) is 0.471. The maximum Gasteiger partial charge on any atom is 0.234 e. The molecule has 0 saturated carbocycles. The lowest BCUT2D eigenvalue weighted by Gasteiger charge is -2.22. The van der Waals surface area contributed by atoms with Crippen molar-refractivity contribution in [3.05, 3.63) is 48.4 Å². The minimum Gasteiger partial charge on any atom is -0.467 e. The van der Waals surface area contributed by atoms with Gasteiger partial charge in [0.2, 0.25) is 11.9 Å². The minimum atomic E-state index is -0.0530. The molecule has 0 aliphatic carbocycles. The average Bonchev–Trinajstić information content (AvgIpc) is 3.59. The first-order chi connectivity index (χ1) is 16.8. The molecule has 2 fully saturated rings. The third-order valence-electron chi connectivity index (χ3n) is 6.43. The van der Waals surface area contributed by atoms with Gasteiger partial charge in [0.05, 0.1) is 18.6 Å². The van der Waals surface area contributed by atoms with Gasteiger partial charge in [-0.2, -0.15) is 0 Å². The molecule has 1 N–H and O–H groups in total. The molecule has 0 bridgehead atoms. The predicted octanol–water partition coefficient (Wildman–Crippen LogP) is 4.63. The summed E-state index contributed by atoms with van der Waals surface area (Å²) in [5.41, 5.74) is 2.05. The number of carbonyl (C=O) groups excluding carboxylic acids is 1. The van der Waals surface area contributed by atoms with Crippen LogP contribution < -0.4 is 15.1 Å². The molecule has 0 unspecified atom stereocenters. The first kappa shape index (κ1) is 22.8. The zero-order valence-corrected chi connectivity index (χ0v) is 20.3. The molecule has 34 heavy (non-hydrogen) atoms. The van der Waals surface area contributed by atoms with Gasteiger partial charge in [-0.3, -0.25) is 9.36 Å². The fraction of sp³-hybridized carbons (Fsp3) is 0.480. The first-order valence-electron chi connectivity index (χ1n) is 12.2. The Labute approximate surface area is 204 Å². The van der Waals surface area contributed by atoms with Gasteiger partial charge in [-0.05, 0) is 62.1 Å². The Bertz CT molecular complexity index is 1050. The molecule has 8 nitrogen and oxygen atoms in total. The molecular formula is C25H32N6O2S. The summed E-state index contributed by atoms with van der Waals surface area (Å²) in [6, 6.07) is 12.0. The third kappa shape index (κ3) is 5.58. The number of hydrogen-bond donors (Lipinski definition) is 1. The van der Waals surface area contributed by atoms with E-state index in [-0.39, 0.29) is 11.7 Å². The summed E-state index contributed by atoms with van der Waals surface area (Å²) < 4.78 is 7.61. The third-order valence-corrected chi connectivity index (χ3v) is 7.40. The first-order valence-corrected chi connectivity index (χ1v) is 13.2. The average molecular weight is 481 g/mol. The summed E-state index contributed by atoms with van der Waals surface area (Å²) in [5.74, 6) is 1.91. The number of rotatable bonds is 8. The highest BCUT2D eigenvalue weighted by molar-refractivity contribution is 7.99. The fourth-order valence-corrected chi connectivity index (χ4v) is 5.38. The summed E-state index contributed by atoms with van der Waals surface area (Å²) in [6.45, 7) is 4.73. The summed E-state index contributed by atoms with van der Waals surface area (Å²) in [7, 11) is 0. The molecule has 0 spiro atoms. The topological polar surface area (TPSA) is 79.4 Å². The van der Waals surface area contributed by atoms with E-state index in [9.17, 15) is 4.79 Å². The highest BCUT2D eigenvalue weighted by Gasteiger charge is 2.22. The van der Waals surface area contributed by atoms with E-state index in [1.165, 1.54) is 43.1 Å². The number of amides is 1. The van der Waals surface area contributed by atoms with Crippen LogP contribution in [0.25, 0.3) is 0 Å². The second-order valence-electron chi connectivity index (χ2n) is 8.93. The molecule has 5 rings (SSSR count).